The summed E-state index contributed by atoms with van der Waals surface area (Å²) in [5.74, 6) is 1.10. The Bertz CT molecular complexity index is 560. The van der Waals surface area contributed by atoms with Gasteiger partial charge in [0.15, 0.2) is 0 Å². The molecule has 1 aromatic carbocycles. The lowest BCUT2D eigenvalue weighted by Gasteiger charge is -2.31. The molecule has 2 N–H and O–H groups in total. The number of hydrogen-bond donors (Lipinski definition) is 2. The zero-order valence-electron chi connectivity index (χ0n) is 11.6. The Morgan fingerprint density at radius 2 is 2.15 bits per heavy atom. The molecule has 1 fully saturated rings. The summed E-state index contributed by atoms with van der Waals surface area (Å²) in [6, 6.07) is 7.97. The van der Waals surface area contributed by atoms with Crippen LogP contribution in [0.15, 0.2) is 41.5 Å². The molecule has 1 aromatic rings. The lowest BCUT2D eigenvalue weighted by atomic mass is 9.74. The van der Waals surface area contributed by atoms with E-state index in [1.54, 1.807) is 0 Å². The van der Waals surface area contributed by atoms with E-state index in [1.807, 2.05) is 31.2 Å². The first kappa shape index (κ1) is 12.9. The van der Waals surface area contributed by atoms with E-state index in [2.05, 4.69) is 28.0 Å². The lowest BCUT2D eigenvalue weighted by Crippen LogP contribution is -2.36. The first-order chi connectivity index (χ1) is 9.72. The van der Waals surface area contributed by atoms with Crippen molar-refractivity contribution in [3.05, 3.63) is 42.0 Å². The van der Waals surface area contributed by atoms with Crippen molar-refractivity contribution in [1.82, 2.24) is 5.43 Å². The van der Waals surface area contributed by atoms with Gasteiger partial charge in [-0.15, -0.1) is 0 Å². The average molecular weight is 269 g/mol. The molecule has 1 amide bonds. The summed E-state index contributed by atoms with van der Waals surface area (Å²) in [7, 11) is 0. The van der Waals surface area contributed by atoms with E-state index in [-0.39, 0.29) is 12.5 Å². The minimum atomic E-state index is -0.104. The minimum Gasteiger partial charge on any atom is -0.376 e. The van der Waals surface area contributed by atoms with Crippen LogP contribution in [0.25, 0.3) is 0 Å². The molecule has 0 bridgehead atoms. The normalized spacial score (nSPS) is 25.1. The van der Waals surface area contributed by atoms with Crippen molar-refractivity contribution in [2.45, 2.75) is 19.8 Å². The molecular formula is C16H19N3O. The average Bonchev–Trinajstić information content (AvgIpc) is 2.80. The topological polar surface area (TPSA) is 53.5 Å². The van der Waals surface area contributed by atoms with E-state index >= 15 is 0 Å². The molecule has 20 heavy (non-hydrogen) atoms. The number of carbonyl (C=O) groups is 1. The Morgan fingerprint density at radius 1 is 1.35 bits per heavy atom. The summed E-state index contributed by atoms with van der Waals surface area (Å²) in [4.78, 5) is 11.7. The number of allylic oxidation sites excluding steroid dienone is 2. The van der Waals surface area contributed by atoms with Gasteiger partial charge in [0, 0.05) is 17.3 Å². The van der Waals surface area contributed by atoms with E-state index in [9.17, 15) is 4.79 Å². The number of aryl methyl sites for hydroxylation is 1. The fourth-order valence-corrected chi connectivity index (χ4v) is 2.69. The number of hydrazone groups is 1. The van der Waals surface area contributed by atoms with Crippen molar-refractivity contribution < 1.29 is 4.79 Å². The number of rotatable bonds is 4. The summed E-state index contributed by atoms with van der Waals surface area (Å²) in [5.41, 5.74) is 5.92. The van der Waals surface area contributed by atoms with E-state index in [0.717, 1.165) is 24.2 Å². The van der Waals surface area contributed by atoms with Crippen LogP contribution in [0.4, 0.5) is 5.69 Å². The number of amides is 1. The van der Waals surface area contributed by atoms with Crippen LogP contribution < -0.4 is 10.7 Å². The van der Waals surface area contributed by atoms with E-state index in [1.165, 1.54) is 5.56 Å². The molecule has 0 aliphatic heterocycles. The third-order valence-electron chi connectivity index (χ3n) is 3.99. The number of carbonyl (C=O) groups excluding carboxylic acids is 1. The highest BCUT2D eigenvalue weighted by molar-refractivity contribution is 5.95. The number of nitrogens with zero attached hydrogens (tertiary/aromatic N) is 1. The number of fused-ring (bicyclic) bond motifs is 1. The molecule has 2 aliphatic rings. The molecule has 1 saturated carbocycles. The van der Waals surface area contributed by atoms with Crippen molar-refractivity contribution in [2.75, 3.05) is 11.9 Å². The predicted octanol–water partition coefficient (Wildman–Crippen LogP) is 2.48. The lowest BCUT2D eigenvalue weighted by molar-refractivity contribution is -0.119. The fourth-order valence-electron chi connectivity index (χ4n) is 2.69. The summed E-state index contributed by atoms with van der Waals surface area (Å²) in [6.07, 6.45) is 6.52. The fraction of sp³-hybridized carbons (Fsp3) is 0.375. The molecular weight excluding hydrogens is 250 g/mol. The Hall–Kier alpha value is -2.10. The molecule has 4 heteroatoms. The van der Waals surface area contributed by atoms with Crippen LogP contribution in [0, 0.1) is 18.8 Å². The van der Waals surface area contributed by atoms with Gasteiger partial charge >= 0.3 is 0 Å². The summed E-state index contributed by atoms with van der Waals surface area (Å²) in [5, 5.41) is 7.32. The van der Waals surface area contributed by atoms with Gasteiger partial charge in [0.25, 0.3) is 5.91 Å². The Labute approximate surface area is 119 Å². The Balaban J connectivity index is 1.44. The molecule has 0 heterocycles. The number of benzene rings is 1. The maximum atomic E-state index is 11.7. The van der Waals surface area contributed by atoms with E-state index < -0.39 is 0 Å². The van der Waals surface area contributed by atoms with E-state index in [4.69, 9.17) is 0 Å². The summed E-state index contributed by atoms with van der Waals surface area (Å²) < 4.78 is 0. The van der Waals surface area contributed by atoms with Crippen LogP contribution in [-0.2, 0) is 4.79 Å². The highest BCUT2D eigenvalue weighted by Crippen LogP contribution is 2.39. The molecule has 3 rings (SSSR count). The third-order valence-corrected chi connectivity index (χ3v) is 3.99. The van der Waals surface area contributed by atoms with Gasteiger partial charge in [0.05, 0.1) is 6.54 Å². The van der Waals surface area contributed by atoms with Crippen LogP contribution in [0.5, 0.6) is 0 Å². The van der Waals surface area contributed by atoms with Gasteiger partial charge in [-0.3, -0.25) is 4.79 Å². The molecule has 0 saturated heterocycles. The molecule has 4 nitrogen and oxygen atoms in total. The largest absolute Gasteiger partial charge is 0.376 e. The van der Waals surface area contributed by atoms with Crippen molar-refractivity contribution in [2.24, 2.45) is 16.9 Å². The minimum absolute atomic E-state index is 0.104. The van der Waals surface area contributed by atoms with E-state index in [0.29, 0.717) is 11.8 Å². The zero-order valence-corrected chi connectivity index (χ0v) is 11.6. The summed E-state index contributed by atoms with van der Waals surface area (Å²) in [6.45, 7) is 2.28. The van der Waals surface area contributed by atoms with Crippen LogP contribution >= 0.6 is 0 Å². The first-order valence-corrected chi connectivity index (χ1v) is 7.05. The van der Waals surface area contributed by atoms with Crippen LogP contribution in [-0.4, -0.2) is 18.2 Å². The smallest absolute Gasteiger partial charge is 0.259 e. The molecule has 0 radical (unpaired) electrons. The van der Waals surface area contributed by atoms with Crippen LogP contribution in [0.2, 0.25) is 0 Å². The molecule has 0 unspecified atom stereocenters. The first-order valence-electron chi connectivity index (χ1n) is 7.05. The molecule has 104 valence electrons. The SMILES string of the molecule is Cc1ccc(NCC(=O)N/N=C2/C[C@H]3C=CC[C@@H]23)cc1. The van der Waals surface area contributed by atoms with Crippen molar-refractivity contribution in [3.63, 3.8) is 0 Å². The van der Waals surface area contributed by atoms with Gasteiger partial charge in [0.2, 0.25) is 0 Å². The predicted molar refractivity (Wildman–Crippen MR) is 80.6 cm³/mol. The summed E-state index contributed by atoms with van der Waals surface area (Å²) >= 11 is 0. The van der Waals surface area contributed by atoms with Gasteiger partial charge in [-0.05, 0) is 37.8 Å². The highest BCUT2D eigenvalue weighted by atomic mass is 16.2. The number of nitrogens with one attached hydrogen (secondary N) is 2. The van der Waals surface area contributed by atoms with Gasteiger partial charge in [-0.2, -0.15) is 5.10 Å². The quantitative estimate of drug-likeness (QED) is 0.651. The van der Waals surface area contributed by atoms with Crippen LogP contribution in [0.1, 0.15) is 18.4 Å². The second kappa shape index (κ2) is 5.49. The van der Waals surface area contributed by atoms with Crippen molar-refractivity contribution >= 4 is 17.3 Å². The van der Waals surface area contributed by atoms with Crippen LogP contribution in [0.3, 0.4) is 0 Å². The van der Waals surface area contributed by atoms with Crippen molar-refractivity contribution in [3.8, 4) is 0 Å². The van der Waals surface area contributed by atoms with Gasteiger partial charge in [-0.25, -0.2) is 5.43 Å². The Morgan fingerprint density at radius 3 is 2.90 bits per heavy atom. The number of hydrogen-bond acceptors (Lipinski definition) is 3. The molecule has 0 spiro atoms. The molecule has 2 atom stereocenters. The van der Waals surface area contributed by atoms with Gasteiger partial charge < -0.3 is 5.32 Å². The van der Waals surface area contributed by atoms with Crippen molar-refractivity contribution in [1.29, 1.82) is 0 Å². The monoisotopic (exact) mass is 269 g/mol. The van der Waals surface area contributed by atoms with Gasteiger partial charge in [-0.1, -0.05) is 29.8 Å². The highest BCUT2D eigenvalue weighted by Gasteiger charge is 2.37. The maximum absolute atomic E-state index is 11.7. The molecule has 2 aliphatic carbocycles. The second-order valence-corrected chi connectivity index (χ2v) is 5.50. The molecule has 0 aromatic heterocycles. The second-order valence-electron chi connectivity index (χ2n) is 5.50. The van der Waals surface area contributed by atoms with Gasteiger partial charge in [0.1, 0.15) is 0 Å². The third kappa shape index (κ3) is 2.74. The number of anilines is 1. The Kier molecular flexibility index (Phi) is 3.54. The maximum Gasteiger partial charge on any atom is 0.259 e. The zero-order chi connectivity index (χ0) is 13.9. The standard InChI is InChI=1S/C16H19N3O/c1-11-5-7-13(8-6-11)17-10-16(20)19-18-15-9-12-3-2-4-14(12)15/h2-3,5-8,12,14,17H,4,9-10H2,1H3,(H,19,20)/b18-15-/t12-,14-/m1/s1.